The number of rotatable bonds is 7. The zero-order valence-electron chi connectivity index (χ0n) is 9.61. The van der Waals surface area contributed by atoms with E-state index in [1.165, 1.54) is 0 Å². The lowest BCUT2D eigenvalue weighted by Gasteiger charge is -2.14. The van der Waals surface area contributed by atoms with E-state index in [9.17, 15) is 0 Å². The molecule has 5 nitrogen and oxygen atoms in total. The molecule has 5 N–H and O–H groups in total. The van der Waals surface area contributed by atoms with Crippen LogP contribution in [0.25, 0.3) is 0 Å². The number of hydrazine groups is 1. The van der Waals surface area contributed by atoms with Crippen molar-refractivity contribution in [2.45, 2.75) is 19.8 Å². The minimum Gasteiger partial charge on any atom is -0.396 e. The summed E-state index contributed by atoms with van der Waals surface area (Å²) in [4.78, 5) is 4.25. The molecule has 1 unspecified atom stereocenters. The number of nitrogen functional groups attached to an aromatic ring is 1. The van der Waals surface area contributed by atoms with Gasteiger partial charge in [-0.2, -0.15) is 0 Å². The van der Waals surface area contributed by atoms with Crippen LogP contribution < -0.4 is 16.6 Å². The second kappa shape index (κ2) is 7.03. The van der Waals surface area contributed by atoms with Crippen LogP contribution in [0.5, 0.6) is 0 Å². The number of hydrogen-bond donors (Lipinski definition) is 4. The smallest absolute Gasteiger partial charge is 0.142 e. The third-order valence-corrected chi connectivity index (χ3v) is 2.58. The molecule has 1 aromatic rings. The lowest BCUT2D eigenvalue weighted by molar-refractivity contribution is 0.258. The summed E-state index contributed by atoms with van der Waals surface area (Å²) in [5, 5.41) is 12.1. The molecule has 5 heteroatoms. The summed E-state index contributed by atoms with van der Waals surface area (Å²) in [6.07, 6.45) is 1.86. The van der Waals surface area contributed by atoms with Crippen LogP contribution >= 0.6 is 0 Å². The van der Waals surface area contributed by atoms with Crippen molar-refractivity contribution in [1.82, 2.24) is 4.98 Å². The van der Waals surface area contributed by atoms with Crippen LogP contribution in [0.1, 0.15) is 19.8 Å². The van der Waals surface area contributed by atoms with E-state index in [-0.39, 0.29) is 6.61 Å². The Morgan fingerprint density at radius 2 is 2.19 bits per heavy atom. The molecule has 0 saturated heterocycles. The van der Waals surface area contributed by atoms with E-state index in [2.05, 4.69) is 22.7 Å². The Kier molecular flexibility index (Phi) is 5.60. The molecule has 1 rings (SSSR count). The van der Waals surface area contributed by atoms with Gasteiger partial charge in [0.1, 0.15) is 11.6 Å². The number of anilines is 2. The average molecular weight is 224 g/mol. The lowest BCUT2D eigenvalue weighted by Crippen LogP contribution is -2.16. The second-order valence-electron chi connectivity index (χ2n) is 3.72. The predicted octanol–water partition coefficient (Wildman–Crippen LogP) is 1.19. The number of nitrogens with zero attached hydrogens (tertiary/aromatic N) is 1. The summed E-state index contributed by atoms with van der Waals surface area (Å²) in [7, 11) is 0. The molecule has 16 heavy (non-hydrogen) atoms. The van der Waals surface area contributed by atoms with Crippen molar-refractivity contribution in [3.8, 4) is 0 Å². The van der Waals surface area contributed by atoms with Gasteiger partial charge < -0.3 is 15.8 Å². The van der Waals surface area contributed by atoms with E-state index in [0.29, 0.717) is 11.7 Å². The van der Waals surface area contributed by atoms with E-state index in [4.69, 9.17) is 10.9 Å². The second-order valence-corrected chi connectivity index (χ2v) is 3.72. The van der Waals surface area contributed by atoms with Gasteiger partial charge in [-0.1, -0.05) is 19.4 Å². The number of aliphatic hydroxyl groups excluding tert-OH is 1. The standard InChI is InChI=1S/C11H20N4O/c1-2-9(6-7-16)8-13-10-4-3-5-11(14-10)15-12/h3-5,9,16H,2,6-8,12H2,1H3,(H2,13,14,15). The number of hydrogen-bond acceptors (Lipinski definition) is 5. The molecule has 1 atom stereocenters. The fourth-order valence-electron chi connectivity index (χ4n) is 1.50. The van der Waals surface area contributed by atoms with Gasteiger partial charge in [-0.15, -0.1) is 0 Å². The monoisotopic (exact) mass is 224 g/mol. The van der Waals surface area contributed by atoms with Crippen molar-refractivity contribution in [3.63, 3.8) is 0 Å². The topological polar surface area (TPSA) is 83.2 Å². The van der Waals surface area contributed by atoms with Crippen molar-refractivity contribution in [2.75, 3.05) is 23.9 Å². The van der Waals surface area contributed by atoms with E-state index in [0.717, 1.165) is 25.2 Å². The molecule has 0 aliphatic carbocycles. The van der Waals surface area contributed by atoms with E-state index >= 15 is 0 Å². The van der Waals surface area contributed by atoms with Gasteiger partial charge in [-0.05, 0) is 24.5 Å². The first-order chi connectivity index (χ1) is 7.80. The first-order valence-electron chi connectivity index (χ1n) is 5.58. The Hall–Kier alpha value is -1.33. The zero-order chi connectivity index (χ0) is 11.8. The molecular formula is C11H20N4O. The number of nitrogens with two attached hydrogens (primary N) is 1. The van der Waals surface area contributed by atoms with Gasteiger partial charge in [0.05, 0.1) is 0 Å². The predicted molar refractivity (Wildman–Crippen MR) is 66.0 cm³/mol. The number of nitrogens with one attached hydrogen (secondary N) is 2. The first-order valence-corrected chi connectivity index (χ1v) is 5.58. The van der Waals surface area contributed by atoms with Crippen molar-refractivity contribution in [1.29, 1.82) is 0 Å². The summed E-state index contributed by atoms with van der Waals surface area (Å²) in [6.45, 7) is 3.17. The van der Waals surface area contributed by atoms with Crippen molar-refractivity contribution < 1.29 is 5.11 Å². The highest BCUT2D eigenvalue weighted by molar-refractivity contribution is 5.44. The highest BCUT2D eigenvalue weighted by Crippen LogP contribution is 2.11. The molecule has 1 heterocycles. The van der Waals surface area contributed by atoms with Crippen LogP contribution in [0.15, 0.2) is 18.2 Å². The fourth-order valence-corrected chi connectivity index (χ4v) is 1.50. The molecule has 90 valence electrons. The summed E-state index contributed by atoms with van der Waals surface area (Å²) in [5.74, 6) is 7.19. The molecule has 0 fully saturated rings. The Morgan fingerprint density at radius 3 is 2.81 bits per heavy atom. The summed E-state index contributed by atoms with van der Waals surface area (Å²) < 4.78 is 0. The molecule has 1 aromatic heterocycles. The maximum atomic E-state index is 8.88. The average Bonchev–Trinajstić information content (AvgIpc) is 2.34. The molecule has 0 saturated carbocycles. The Labute approximate surface area is 96.0 Å². The largest absolute Gasteiger partial charge is 0.396 e. The van der Waals surface area contributed by atoms with E-state index in [1.807, 2.05) is 12.1 Å². The first kappa shape index (κ1) is 12.7. The van der Waals surface area contributed by atoms with Crippen molar-refractivity contribution in [3.05, 3.63) is 18.2 Å². The number of pyridine rings is 1. The summed E-state index contributed by atoms with van der Waals surface area (Å²) >= 11 is 0. The normalized spacial score (nSPS) is 12.2. The van der Waals surface area contributed by atoms with Gasteiger partial charge in [0.2, 0.25) is 0 Å². The van der Waals surface area contributed by atoms with Crippen LogP contribution in [0.4, 0.5) is 11.6 Å². The third-order valence-electron chi connectivity index (χ3n) is 2.58. The number of aliphatic hydroxyl groups is 1. The maximum absolute atomic E-state index is 8.88. The summed E-state index contributed by atoms with van der Waals surface area (Å²) in [5.41, 5.74) is 2.50. The maximum Gasteiger partial charge on any atom is 0.142 e. The molecule has 0 aliphatic rings. The van der Waals surface area contributed by atoms with Gasteiger partial charge in [-0.25, -0.2) is 10.8 Å². The van der Waals surface area contributed by atoms with E-state index < -0.39 is 0 Å². The summed E-state index contributed by atoms with van der Waals surface area (Å²) in [6, 6.07) is 5.58. The third kappa shape index (κ3) is 4.04. The minimum absolute atomic E-state index is 0.234. The van der Waals surface area contributed by atoms with Crippen LogP contribution in [0.3, 0.4) is 0 Å². The quantitative estimate of drug-likeness (QED) is 0.413. The van der Waals surface area contributed by atoms with Crippen LogP contribution in [0, 0.1) is 5.92 Å². The van der Waals surface area contributed by atoms with Crippen LogP contribution in [-0.2, 0) is 0 Å². The molecule has 0 amide bonds. The Morgan fingerprint density at radius 1 is 1.44 bits per heavy atom. The SMILES string of the molecule is CCC(CCO)CNc1cccc(NN)n1. The lowest BCUT2D eigenvalue weighted by atomic mass is 10.0. The Balaban J connectivity index is 2.46. The number of aromatic nitrogens is 1. The highest BCUT2D eigenvalue weighted by Gasteiger charge is 2.05. The fraction of sp³-hybridized carbons (Fsp3) is 0.545. The molecule has 0 aliphatic heterocycles. The molecular weight excluding hydrogens is 204 g/mol. The van der Waals surface area contributed by atoms with Crippen molar-refractivity contribution in [2.24, 2.45) is 11.8 Å². The van der Waals surface area contributed by atoms with Gasteiger partial charge in [0.25, 0.3) is 0 Å². The van der Waals surface area contributed by atoms with E-state index in [1.54, 1.807) is 6.07 Å². The minimum atomic E-state index is 0.234. The van der Waals surface area contributed by atoms with Crippen LogP contribution in [0.2, 0.25) is 0 Å². The van der Waals surface area contributed by atoms with Crippen molar-refractivity contribution >= 4 is 11.6 Å². The molecule has 0 radical (unpaired) electrons. The van der Waals surface area contributed by atoms with Gasteiger partial charge in [0.15, 0.2) is 0 Å². The molecule has 0 spiro atoms. The van der Waals surface area contributed by atoms with Gasteiger partial charge in [0, 0.05) is 13.2 Å². The molecule has 0 aromatic carbocycles. The molecule has 0 bridgehead atoms. The van der Waals surface area contributed by atoms with Gasteiger partial charge in [-0.3, -0.25) is 0 Å². The highest BCUT2D eigenvalue weighted by atomic mass is 16.3. The van der Waals surface area contributed by atoms with Crippen LogP contribution in [-0.4, -0.2) is 23.2 Å². The Bertz CT molecular complexity index is 306. The van der Waals surface area contributed by atoms with Gasteiger partial charge >= 0.3 is 0 Å². The zero-order valence-corrected chi connectivity index (χ0v) is 9.61.